The first-order chi connectivity index (χ1) is 8.22. The van der Waals surface area contributed by atoms with Crippen LogP contribution < -0.4 is 10.2 Å². The molecule has 6 heteroatoms. The van der Waals surface area contributed by atoms with E-state index in [2.05, 4.69) is 33.9 Å². The zero-order chi connectivity index (χ0) is 12.3. The molecule has 0 aliphatic heterocycles. The van der Waals surface area contributed by atoms with Gasteiger partial charge in [-0.15, -0.1) is 16.4 Å². The molecule has 92 valence electrons. The standard InChI is InChI=1S/C11H16N4OS/c1-8(9-5-4-6-17-9)15(3)11-14-13-10(16-11)7-12-2/h4-6,8,12H,7H2,1-3H3. The lowest BCUT2D eigenvalue weighted by Gasteiger charge is -2.21. The van der Waals surface area contributed by atoms with Crippen molar-refractivity contribution in [3.63, 3.8) is 0 Å². The van der Waals surface area contributed by atoms with Crippen molar-refractivity contribution >= 4 is 17.4 Å². The van der Waals surface area contributed by atoms with Crippen LogP contribution in [0.2, 0.25) is 0 Å². The molecule has 2 rings (SSSR count). The number of hydrogen-bond donors (Lipinski definition) is 1. The number of nitrogens with zero attached hydrogens (tertiary/aromatic N) is 3. The fourth-order valence-corrected chi connectivity index (χ4v) is 2.32. The summed E-state index contributed by atoms with van der Waals surface area (Å²) in [4.78, 5) is 3.26. The van der Waals surface area contributed by atoms with Gasteiger partial charge in [0.25, 0.3) is 0 Å². The third kappa shape index (κ3) is 2.65. The number of nitrogens with one attached hydrogen (secondary N) is 1. The molecular weight excluding hydrogens is 236 g/mol. The highest BCUT2D eigenvalue weighted by Gasteiger charge is 2.18. The van der Waals surface area contributed by atoms with Gasteiger partial charge in [-0.2, -0.15) is 0 Å². The quantitative estimate of drug-likeness (QED) is 0.882. The molecule has 2 aromatic rings. The van der Waals surface area contributed by atoms with Crippen molar-refractivity contribution in [3.05, 3.63) is 28.3 Å². The van der Waals surface area contributed by atoms with Crippen LogP contribution >= 0.6 is 11.3 Å². The zero-order valence-electron chi connectivity index (χ0n) is 10.2. The molecular formula is C11H16N4OS. The van der Waals surface area contributed by atoms with Gasteiger partial charge in [-0.05, 0) is 25.4 Å². The normalized spacial score (nSPS) is 12.6. The third-order valence-corrected chi connectivity index (χ3v) is 3.66. The molecule has 0 amide bonds. The van der Waals surface area contributed by atoms with Gasteiger partial charge in [0.2, 0.25) is 5.89 Å². The highest BCUT2D eigenvalue weighted by Crippen LogP contribution is 2.27. The molecule has 2 aromatic heterocycles. The van der Waals surface area contributed by atoms with Crippen LogP contribution in [0.15, 0.2) is 21.9 Å². The van der Waals surface area contributed by atoms with E-state index in [1.54, 1.807) is 11.3 Å². The van der Waals surface area contributed by atoms with Crippen molar-refractivity contribution in [2.24, 2.45) is 0 Å². The van der Waals surface area contributed by atoms with Gasteiger partial charge in [0.15, 0.2) is 0 Å². The summed E-state index contributed by atoms with van der Waals surface area (Å²) in [7, 11) is 3.81. The molecule has 0 aromatic carbocycles. The lowest BCUT2D eigenvalue weighted by atomic mass is 10.2. The smallest absolute Gasteiger partial charge is 0.318 e. The van der Waals surface area contributed by atoms with Crippen molar-refractivity contribution in [1.82, 2.24) is 15.5 Å². The number of rotatable bonds is 5. The van der Waals surface area contributed by atoms with Gasteiger partial charge in [0, 0.05) is 11.9 Å². The van der Waals surface area contributed by atoms with Crippen molar-refractivity contribution in [1.29, 1.82) is 0 Å². The SMILES string of the molecule is CNCc1nnc(N(C)C(C)c2cccs2)o1. The van der Waals surface area contributed by atoms with Crippen molar-refractivity contribution in [2.45, 2.75) is 19.5 Å². The van der Waals surface area contributed by atoms with Crippen LogP contribution in [-0.2, 0) is 6.54 Å². The van der Waals surface area contributed by atoms with Crippen LogP contribution in [0.3, 0.4) is 0 Å². The fraction of sp³-hybridized carbons (Fsp3) is 0.455. The second-order valence-corrected chi connectivity index (χ2v) is 4.79. The van der Waals surface area contributed by atoms with Gasteiger partial charge < -0.3 is 14.6 Å². The summed E-state index contributed by atoms with van der Waals surface area (Å²) in [5, 5.41) is 13.1. The van der Waals surface area contributed by atoms with Crippen molar-refractivity contribution < 1.29 is 4.42 Å². The van der Waals surface area contributed by atoms with E-state index in [1.165, 1.54) is 4.88 Å². The molecule has 0 radical (unpaired) electrons. The third-order valence-electron chi connectivity index (χ3n) is 2.62. The highest BCUT2D eigenvalue weighted by molar-refractivity contribution is 7.10. The predicted octanol–water partition coefficient (Wildman–Crippen LogP) is 2.05. The van der Waals surface area contributed by atoms with E-state index in [9.17, 15) is 0 Å². The number of aromatic nitrogens is 2. The molecule has 0 spiro atoms. The Morgan fingerprint density at radius 2 is 2.35 bits per heavy atom. The van der Waals surface area contributed by atoms with E-state index in [4.69, 9.17) is 4.42 Å². The Hall–Kier alpha value is -1.40. The Morgan fingerprint density at radius 1 is 1.53 bits per heavy atom. The first kappa shape index (κ1) is 12.1. The van der Waals surface area contributed by atoms with Crippen LogP contribution in [0.1, 0.15) is 23.7 Å². The molecule has 1 unspecified atom stereocenters. The maximum absolute atomic E-state index is 5.55. The van der Waals surface area contributed by atoms with E-state index in [0.29, 0.717) is 18.5 Å². The predicted molar refractivity (Wildman–Crippen MR) is 68.2 cm³/mol. The Balaban J connectivity index is 2.10. The lowest BCUT2D eigenvalue weighted by molar-refractivity contribution is 0.468. The molecule has 0 bridgehead atoms. The topological polar surface area (TPSA) is 54.2 Å². The first-order valence-electron chi connectivity index (χ1n) is 5.45. The van der Waals surface area contributed by atoms with Gasteiger partial charge >= 0.3 is 6.01 Å². The summed E-state index contributed by atoms with van der Waals surface area (Å²) in [5.74, 6) is 0.604. The summed E-state index contributed by atoms with van der Waals surface area (Å²) >= 11 is 1.73. The van der Waals surface area contributed by atoms with Gasteiger partial charge in [0.1, 0.15) is 0 Å². The first-order valence-corrected chi connectivity index (χ1v) is 6.33. The lowest BCUT2D eigenvalue weighted by Crippen LogP contribution is -2.21. The average Bonchev–Trinajstić information content (AvgIpc) is 2.98. The van der Waals surface area contributed by atoms with Crippen molar-refractivity contribution in [2.75, 3.05) is 19.0 Å². The maximum Gasteiger partial charge on any atom is 0.318 e. The minimum Gasteiger partial charge on any atom is -0.407 e. The second kappa shape index (κ2) is 5.29. The van der Waals surface area contributed by atoms with Gasteiger partial charge in [-0.3, -0.25) is 0 Å². The number of anilines is 1. The highest BCUT2D eigenvalue weighted by atomic mass is 32.1. The minimum atomic E-state index is 0.234. The van der Waals surface area contributed by atoms with Gasteiger partial charge in [0.05, 0.1) is 12.6 Å². The molecule has 0 aliphatic rings. The Kier molecular flexibility index (Phi) is 3.75. The Bertz CT molecular complexity index is 454. The monoisotopic (exact) mass is 252 g/mol. The molecule has 2 heterocycles. The Morgan fingerprint density at radius 3 is 3.00 bits per heavy atom. The van der Waals surface area contributed by atoms with Crippen LogP contribution in [0.25, 0.3) is 0 Å². The largest absolute Gasteiger partial charge is 0.407 e. The van der Waals surface area contributed by atoms with Crippen LogP contribution in [-0.4, -0.2) is 24.3 Å². The summed E-state index contributed by atoms with van der Waals surface area (Å²) in [6.07, 6.45) is 0. The minimum absolute atomic E-state index is 0.234. The van der Waals surface area contributed by atoms with E-state index < -0.39 is 0 Å². The fourth-order valence-electron chi connectivity index (χ4n) is 1.50. The van der Waals surface area contributed by atoms with E-state index in [1.807, 2.05) is 25.1 Å². The van der Waals surface area contributed by atoms with E-state index in [-0.39, 0.29) is 6.04 Å². The summed E-state index contributed by atoms with van der Waals surface area (Å²) in [6, 6.07) is 4.94. The molecule has 0 fully saturated rings. The summed E-state index contributed by atoms with van der Waals surface area (Å²) in [6.45, 7) is 2.71. The second-order valence-electron chi connectivity index (χ2n) is 3.81. The molecule has 0 saturated heterocycles. The number of thiophene rings is 1. The molecule has 17 heavy (non-hydrogen) atoms. The van der Waals surface area contributed by atoms with Crippen LogP contribution in [0.5, 0.6) is 0 Å². The average molecular weight is 252 g/mol. The summed E-state index contributed by atoms with van der Waals surface area (Å²) in [5.41, 5.74) is 0. The number of hydrogen-bond acceptors (Lipinski definition) is 6. The van der Waals surface area contributed by atoms with Crippen LogP contribution in [0, 0.1) is 0 Å². The molecule has 5 nitrogen and oxygen atoms in total. The van der Waals surface area contributed by atoms with E-state index >= 15 is 0 Å². The maximum atomic E-state index is 5.55. The van der Waals surface area contributed by atoms with Crippen LogP contribution in [0.4, 0.5) is 6.01 Å². The molecule has 1 atom stereocenters. The zero-order valence-corrected chi connectivity index (χ0v) is 11.0. The molecule has 1 N–H and O–H groups in total. The Labute approximate surface area is 104 Å². The van der Waals surface area contributed by atoms with Crippen molar-refractivity contribution in [3.8, 4) is 0 Å². The molecule has 0 saturated carbocycles. The van der Waals surface area contributed by atoms with Gasteiger partial charge in [-0.1, -0.05) is 11.2 Å². The van der Waals surface area contributed by atoms with Gasteiger partial charge in [-0.25, -0.2) is 0 Å². The summed E-state index contributed by atoms with van der Waals surface area (Å²) < 4.78 is 5.55. The molecule has 0 aliphatic carbocycles. The van der Waals surface area contributed by atoms with E-state index in [0.717, 1.165) is 0 Å².